The summed E-state index contributed by atoms with van der Waals surface area (Å²) in [4.78, 5) is 13.4. The lowest BCUT2D eigenvalue weighted by molar-refractivity contribution is -0.149. The number of halogens is 1. The molecule has 30 heavy (non-hydrogen) atoms. The molecule has 0 radical (unpaired) electrons. The fourth-order valence-electron chi connectivity index (χ4n) is 6.68. The summed E-state index contributed by atoms with van der Waals surface area (Å²) in [6.45, 7) is 2.12. The third kappa shape index (κ3) is 3.37. The Hall–Kier alpha value is -2.14. The molecule has 4 nitrogen and oxygen atoms in total. The summed E-state index contributed by atoms with van der Waals surface area (Å²) in [7, 11) is 0. The number of hydrogen-bond donors (Lipinski definition) is 2. The highest BCUT2D eigenvalue weighted by Gasteiger charge is 2.60. The molecule has 2 unspecified atom stereocenters. The molecule has 4 fully saturated rings. The third-order valence-corrected chi connectivity index (χ3v) is 8.06. The van der Waals surface area contributed by atoms with E-state index in [0.29, 0.717) is 17.4 Å². The van der Waals surface area contributed by atoms with Crippen molar-refractivity contribution in [2.45, 2.75) is 50.9 Å². The summed E-state index contributed by atoms with van der Waals surface area (Å²) in [5, 5.41) is 14.2. The highest BCUT2D eigenvalue weighted by molar-refractivity contribution is 9.10. The van der Waals surface area contributed by atoms with Gasteiger partial charge in [-0.25, -0.2) is 5.43 Å². The normalized spacial score (nSPS) is 31.9. The zero-order valence-corrected chi connectivity index (χ0v) is 18.8. The van der Waals surface area contributed by atoms with Gasteiger partial charge in [-0.3, -0.25) is 4.79 Å². The highest BCUT2D eigenvalue weighted by Crippen LogP contribution is 2.65. The van der Waals surface area contributed by atoms with E-state index in [2.05, 4.69) is 57.6 Å². The number of carbonyl (C=O) groups is 1. The molecule has 2 atom stereocenters. The van der Waals surface area contributed by atoms with Gasteiger partial charge in [0.2, 0.25) is 5.91 Å². The van der Waals surface area contributed by atoms with Crippen molar-refractivity contribution in [2.75, 3.05) is 0 Å². The van der Waals surface area contributed by atoms with Crippen molar-refractivity contribution in [1.82, 2.24) is 5.43 Å². The molecular formula is C25H27BrN2O2. The van der Waals surface area contributed by atoms with Gasteiger partial charge in [0, 0.05) is 10.0 Å². The molecule has 4 saturated carbocycles. The number of phenols is 1. The SMILES string of the molecule is Cc1ccc(C23CC4CC(CC(C(=O)NN=Cc5cc(Br)ccc5O)(C4)C2)C3)cc1. The molecule has 2 aromatic carbocycles. The van der Waals surface area contributed by atoms with Crippen LogP contribution in [0.5, 0.6) is 5.75 Å². The van der Waals surface area contributed by atoms with Crippen molar-refractivity contribution in [1.29, 1.82) is 0 Å². The van der Waals surface area contributed by atoms with Crippen LogP contribution in [0.25, 0.3) is 0 Å². The Kier molecular flexibility index (Phi) is 4.77. The van der Waals surface area contributed by atoms with E-state index in [-0.39, 0.29) is 22.5 Å². The number of rotatable bonds is 4. The van der Waals surface area contributed by atoms with Gasteiger partial charge in [0.05, 0.1) is 11.6 Å². The number of amides is 1. The number of carbonyl (C=O) groups excluding carboxylic acids is 1. The lowest BCUT2D eigenvalue weighted by Crippen LogP contribution is -2.58. The summed E-state index contributed by atoms with van der Waals surface area (Å²) >= 11 is 3.40. The molecule has 156 valence electrons. The lowest BCUT2D eigenvalue weighted by atomic mass is 9.42. The molecule has 5 heteroatoms. The van der Waals surface area contributed by atoms with Crippen molar-refractivity contribution in [3.63, 3.8) is 0 Å². The van der Waals surface area contributed by atoms with E-state index in [0.717, 1.165) is 23.7 Å². The van der Waals surface area contributed by atoms with Gasteiger partial charge in [-0.05, 0) is 86.5 Å². The summed E-state index contributed by atoms with van der Waals surface area (Å²) in [6.07, 6.45) is 8.06. The number of benzene rings is 2. The van der Waals surface area contributed by atoms with Gasteiger partial charge in [0.1, 0.15) is 5.75 Å². The van der Waals surface area contributed by atoms with E-state index in [4.69, 9.17) is 0 Å². The van der Waals surface area contributed by atoms with E-state index in [1.54, 1.807) is 18.2 Å². The molecule has 0 saturated heterocycles. The molecule has 0 aromatic heterocycles. The third-order valence-electron chi connectivity index (χ3n) is 7.57. The number of nitrogens with one attached hydrogen (secondary N) is 1. The number of phenolic OH excluding ortho intramolecular Hbond substituents is 1. The van der Waals surface area contributed by atoms with Crippen LogP contribution in [0, 0.1) is 24.2 Å². The maximum Gasteiger partial charge on any atom is 0.246 e. The molecule has 4 aliphatic rings. The van der Waals surface area contributed by atoms with Crippen LogP contribution in [0.15, 0.2) is 52.0 Å². The van der Waals surface area contributed by atoms with Crippen LogP contribution >= 0.6 is 15.9 Å². The lowest BCUT2D eigenvalue weighted by Gasteiger charge is -2.61. The highest BCUT2D eigenvalue weighted by atomic mass is 79.9. The smallest absolute Gasteiger partial charge is 0.246 e. The van der Waals surface area contributed by atoms with Crippen LogP contribution in [-0.2, 0) is 10.2 Å². The van der Waals surface area contributed by atoms with Gasteiger partial charge in [-0.15, -0.1) is 0 Å². The zero-order valence-electron chi connectivity index (χ0n) is 17.2. The van der Waals surface area contributed by atoms with Gasteiger partial charge in [-0.1, -0.05) is 45.8 Å². The second kappa shape index (κ2) is 7.23. The molecule has 2 aromatic rings. The average molecular weight is 467 g/mol. The summed E-state index contributed by atoms with van der Waals surface area (Å²) in [5.41, 5.74) is 5.87. The molecular weight excluding hydrogens is 440 g/mol. The van der Waals surface area contributed by atoms with Gasteiger partial charge in [0.25, 0.3) is 0 Å². The fourth-order valence-corrected chi connectivity index (χ4v) is 7.06. The van der Waals surface area contributed by atoms with Crippen LogP contribution in [0.1, 0.15) is 55.2 Å². The second-order valence-electron chi connectivity index (χ2n) is 9.79. The number of hydrogen-bond acceptors (Lipinski definition) is 3. The minimum atomic E-state index is -0.328. The van der Waals surface area contributed by atoms with Crippen molar-refractivity contribution < 1.29 is 9.90 Å². The first-order valence-corrected chi connectivity index (χ1v) is 11.6. The van der Waals surface area contributed by atoms with Crippen LogP contribution in [-0.4, -0.2) is 17.2 Å². The fraction of sp³-hybridized carbons (Fsp3) is 0.440. The average Bonchev–Trinajstić information content (AvgIpc) is 2.70. The van der Waals surface area contributed by atoms with Crippen molar-refractivity contribution in [3.05, 3.63) is 63.6 Å². The maximum atomic E-state index is 13.4. The molecule has 6 rings (SSSR count). The van der Waals surface area contributed by atoms with Crippen LogP contribution < -0.4 is 5.43 Å². The van der Waals surface area contributed by atoms with Gasteiger partial charge in [-0.2, -0.15) is 5.10 Å². The van der Waals surface area contributed by atoms with Crippen LogP contribution in [0.3, 0.4) is 0 Å². The Morgan fingerprint density at radius 2 is 1.83 bits per heavy atom. The molecule has 4 bridgehead atoms. The molecule has 0 spiro atoms. The first-order valence-electron chi connectivity index (χ1n) is 10.8. The van der Waals surface area contributed by atoms with Crippen molar-refractivity contribution in [2.24, 2.45) is 22.4 Å². The van der Waals surface area contributed by atoms with E-state index in [1.165, 1.54) is 36.6 Å². The quantitative estimate of drug-likeness (QED) is 0.464. The predicted molar refractivity (Wildman–Crippen MR) is 122 cm³/mol. The van der Waals surface area contributed by atoms with Gasteiger partial charge >= 0.3 is 0 Å². The standard InChI is InChI=1S/C25H27BrN2O2/c1-16-2-4-20(5-3-16)24-10-17-8-18(11-24)13-25(12-17,15-24)23(30)28-27-14-19-9-21(26)6-7-22(19)29/h2-7,9,14,17-18,29H,8,10-13,15H2,1H3,(H,28,30). The van der Waals surface area contributed by atoms with Crippen molar-refractivity contribution in [3.8, 4) is 5.75 Å². The number of hydrazone groups is 1. The van der Waals surface area contributed by atoms with Gasteiger partial charge < -0.3 is 5.11 Å². The first-order chi connectivity index (χ1) is 14.4. The minimum absolute atomic E-state index is 0.0406. The van der Waals surface area contributed by atoms with Crippen LogP contribution in [0.2, 0.25) is 0 Å². The number of aromatic hydroxyl groups is 1. The Labute approximate surface area is 185 Å². The van der Waals surface area contributed by atoms with E-state index in [1.807, 2.05) is 0 Å². The first kappa shape index (κ1) is 19.8. The van der Waals surface area contributed by atoms with E-state index >= 15 is 0 Å². The maximum absolute atomic E-state index is 13.4. The zero-order chi connectivity index (χ0) is 20.9. The minimum Gasteiger partial charge on any atom is -0.507 e. The molecule has 0 aliphatic heterocycles. The monoisotopic (exact) mass is 466 g/mol. The van der Waals surface area contributed by atoms with Crippen molar-refractivity contribution >= 4 is 28.1 Å². The molecule has 4 aliphatic carbocycles. The second-order valence-corrected chi connectivity index (χ2v) is 10.7. The van der Waals surface area contributed by atoms with E-state index < -0.39 is 0 Å². The molecule has 1 amide bonds. The largest absolute Gasteiger partial charge is 0.507 e. The molecule has 0 heterocycles. The van der Waals surface area contributed by atoms with E-state index in [9.17, 15) is 9.90 Å². The Morgan fingerprint density at radius 3 is 2.53 bits per heavy atom. The topological polar surface area (TPSA) is 61.7 Å². The summed E-state index contributed by atoms with van der Waals surface area (Å²) in [5.74, 6) is 1.43. The Morgan fingerprint density at radius 1 is 1.13 bits per heavy atom. The van der Waals surface area contributed by atoms with Gasteiger partial charge in [0.15, 0.2) is 0 Å². The number of aryl methyl sites for hydroxylation is 1. The van der Waals surface area contributed by atoms with Crippen LogP contribution in [0.4, 0.5) is 0 Å². The molecule has 2 N–H and O–H groups in total. The Bertz CT molecular complexity index is 1000. The predicted octanol–water partition coefficient (Wildman–Crippen LogP) is 5.45. The summed E-state index contributed by atoms with van der Waals surface area (Å²) in [6, 6.07) is 14.1. The number of nitrogens with zero attached hydrogens (tertiary/aromatic N) is 1. The Balaban J connectivity index is 1.38. The summed E-state index contributed by atoms with van der Waals surface area (Å²) < 4.78 is 0.856.